The zero-order valence-corrected chi connectivity index (χ0v) is 19.7. The van der Waals surface area contributed by atoms with E-state index in [1.54, 1.807) is 4.90 Å². The van der Waals surface area contributed by atoms with Crippen molar-refractivity contribution >= 4 is 17.8 Å². The van der Waals surface area contributed by atoms with Crippen LogP contribution in [0.5, 0.6) is 0 Å². The fourth-order valence-electron chi connectivity index (χ4n) is 4.37. The second-order valence-corrected chi connectivity index (χ2v) is 9.72. The van der Waals surface area contributed by atoms with E-state index < -0.39 is 11.5 Å². The summed E-state index contributed by atoms with van der Waals surface area (Å²) in [6.45, 7) is 4.02. The number of aliphatic hydroxyl groups excluding tert-OH is 1. The summed E-state index contributed by atoms with van der Waals surface area (Å²) in [6, 6.07) is 7.66. The van der Waals surface area contributed by atoms with Crippen molar-refractivity contribution in [3.8, 4) is 0 Å². The molecule has 0 fully saturated rings. The number of esters is 1. The average molecular weight is 457 g/mol. The van der Waals surface area contributed by atoms with Crippen molar-refractivity contribution < 1.29 is 24.2 Å². The Morgan fingerprint density at radius 2 is 1.94 bits per heavy atom. The Bertz CT molecular complexity index is 879. The van der Waals surface area contributed by atoms with Crippen LogP contribution in [0.15, 0.2) is 36.4 Å². The van der Waals surface area contributed by atoms with Gasteiger partial charge < -0.3 is 20.1 Å². The van der Waals surface area contributed by atoms with E-state index in [9.17, 15) is 19.5 Å². The third kappa shape index (κ3) is 7.16. The second kappa shape index (κ2) is 11.5. The number of hydrogen-bond acceptors (Lipinski definition) is 5. The molecule has 2 aliphatic heterocycles. The molecule has 2 amide bonds. The first-order chi connectivity index (χ1) is 15.8. The number of aliphatic hydroxyl groups is 1. The molecule has 33 heavy (non-hydrogen) atoms. The number of ether oxygens (including phenoxy) is 1. The van der Waals surface area contributed by atoms with Gasteiger partial charge in [0.2, 0.25) is 11.8 Å². The van der Waals surface area contributed by atoms with Crippen molar-refractivity contribution in [2.24, 2.45) is 5.92 Å². The van der Waals surface area contributed by atoms with E-state index in [2.05, 4.69) is 5.32 Å². The molecule has 1 aromatic carbocycles. The first-order valence-corrected chi connectivity index (χ1v) is 11.9. The predicted molar refractivity (Wildman–Crippen MR) is 125 cm³/mol. The summed E-state index contributed by atoms with van der Waals surface area (Å²) in [5.41, 5.74) is 1.49. The summed E-state index contributed by atoms with van der Waals surface area (Å²) < 4.78 is 5.35. The topological polar surface area (TPSA) is 95.9 Å². The number of carbonyl (C=O) groups excluding carboxylic acids is 3. The lowest BCUT2D eigenvalue weighted by atomic mass is 9.92. The summed E-state index contributed by atoms with van der Waals surface area (Å²) in [6.07, 6.45) is 7.92. The fraction of sp³-hybridized carbons (Fsp3) is 0.577. The molecular formula is C26H36N2O5. The van der Waals surface area contributed by atoms with Crippen LogP contribution in [0.25, 0.3) is 0 Å². The number of nitrogens with zero attached hydrogens (tertiary/aromatic N) is 1. The molecule has 2 atom stereocenters. The van der Waals surface area contributed by atoms with Gasteiger partial charge in [0.25, 0.3) is 0 Å². The Morgan fingerprint density at radius 1 is 1.18 bits per heavy atom. The van der Waals surface area contributed by atoms with Crippen LogP contribution in [0.1, 0.15) is 63.5 Å². The largest absolute Gasteiger partial charge is 0.463 e. The summed E-state index contributed by atoms with van der Waals surface area (Å²) in [5.74, 6) is -1.17. The molecule has 0 aromatic heterocycles. The van der Waals surface area contributed by atoms with Gasteiger partial charge in [0.05, 0.1) is 24.1 Å². The molecule has 0 spiro atoms. The maximum Gasteiger partial charge on any atom is 0.305 e. The number of rotatable bonds is 3. The standard InChI is InChI=1S/C26H36N2O5/c1-26(2)18-33-24(31)13-7-5-3-4-6-11-20(25(32)27-26)15-23(30)28-16-21-12-9-8-10-19(21)14-22(28)17-29/h4,6,8-10,12,20,22,29H,3,5,7,11,13-18H2,1-2H3,(H,27,32)/t20-,22+/m1/s1. The van der Waals surface area contributed by atoms with Gasteiger partial charge in [-0.3, -0.25) is 14.4 Å². The Balaban J connectivity index is 1.73. The zero-order valence-electron chi connectivity index (χ0n) is 19.7. The normalized spacial score (nSPS) is 24.3. The Morgan fingerprint density at radius 3 is 2.70 bits per heavy atom. The highest BCUT2D eigenvalue weighted by Crippen LogP contribution is 2.25. The maximum absolute atomic E-state index is 13.3. The molecule has 2 aliphatic rings. The van der Waals surface area contributed by atoms with E-state index in [1.807, 2.05) is 50.3 Å². The highest BCUT2D eigenvalue weighted by molar-refractivity contribution is 5.86. The van der Waals surface area contributed by atoms with Crippen LogP contribution in [0, 0.1) is 5.92 Å². The van der Waals surface area contributed by atoms with Gasteiger partial charge in [-0.15, -0.1) is 0 Å². The highest BCUT2D eigenvalue weighted by Gasteiger charge is 2.33. The maximum atomic E-state index is 13.3. The van der Waals surface area contributed by atoms with Crippen molar-refractivity contribution in [1.82, 2.24) is 10.2 Å². The van der Waals surface area contributed by atoms with Gasteiger partial charge in [0.1, 0.15) is 6.61 Å². The van der Waals surface area contributed by atoms with E-state index in [0.29, 0.717) is 25.8 Å². The lowest BCUT2D eigenvalue weighted by Gasteiger charge is -2.37. The number of nitrogens with one attached hydrogen (secondary N) is 1. The van der Waals surface area contributed by atoms with Crippen LogP contribution < -0.4 is 5.32 Å². The molecular weight excluding hydrogens is 420 g/mol. The molecule has 2 heterocycles. The number of hydrogen-bond donors (Lipinski definition) is 2. The monoisotopic (exact) mass is 456 g/mol. The second-order valence-electron chi connectivity index (χ2n) is 9.72. The van der Waals surface area contributed by atoms with Crippen LogP contribution in [-0.2, 0) is 32.1 Å². The molecule has 3 rings (SSSR count). The van der Waals surface area contributed by atoms with Gasteiger partial charge in [-0.05, 0) is 57.1 Å². The van der Waals surface area contributed by atoms with Crippen LogP contribution in [0.2, 0.25) is 0 Å². The SMILES string of the molecule is CC1(C)COC(=O)CCCCC=CC[C@H](CC(=O)N2Cc3ccccc3C[C@H]2CO)C(=O)N1. The minimum Gasteiger partial charge on any atom is -0.463 e. The van der Waals surface area contributed by atoms with Gasteiger partial charge >= 0.3 is 5.97 Å². The fourth-order valence-corrected chi connectivity index (χ4v) is 4.37. The van der Waals surface area contributed by atoms with Crippen molar-refractivity contribution in [3.05, 3.63) is 47.5 Å². The highest BCUT2D eigenvalue weighted by atomic mass is 16.5. The van der Waals surface area contributed by atoms with Gasteiger partial charge in [0, 0.05) is 19.4 Å². The molecule has 0 saturated carbocycles. The molecule has 7 heteroatoms. The van der Waals surface area contributed by atoms with E-state index in [4.69, 9.17) is 4.74 Å². The molecule has 0 aliphatic carbocycles. The smallest absolute Gasteiger partial charge is 0.305 e. The van der Waals surface area contributed by atoms with Gasteiger partial charge in [-0.25, -0.2) is 0 Å². The first kappa shape index (κ1) is 25.0. The van der Waals surface area contributed by atoms with Crippen molar-refractivity contribution in [3.63, 3.8) is 0 Å². The minimum atomic E-state index is -0.737. The number of carbonyl (C=O) groups is 3. The van der Waals surface area contributed by atoms with Gasteiger partial charge in [0.15, 0.2) is 0 Å². The third-order valence-electron chi connectivity index (χ3n) is 6.32. The van der Waals surface area contributed by atoms with Crippen LogP contribution in [-0.4, -0.2) is 52.6 Å². The lowest BCUT2D eigenvalue weighted by molar-refractivity contribution is -0.147. The third-order valence-corrected chi connectivity index (χ3v) is 6.32. The molecule has 0 saturated heterocycles. The lowest BCUT2D eigenvalue weighted by Crippen LogP contribution is -2.51. The van der Waals surface area contributed by atoms with Gasteiger partial charge in [-0.2, -0.15) is 0 Å². The van der Waals surface area contributed by atoms with E-state index in [-0.39, 0.29) is 43.5 Å². The summed E-state index contributed by atoms with van der Waals surface area (Å²) in [7, 11) is 0. The number of cyclic esters (lactones) is 1. The molecule has 0 radical (unpaired) electrons. The molecule has 180 valence electrons. The summed E-state index contributed by atoms with van der Waals surface area (Å²) >= 11 is 0. The predicted octanol–water partition coefficient (Wildman–Crippen LogP) is 2.90. The molecule has 2 N–H and O–H groups in total. The molecule has 0 bridgehead atoms. The van der Waals surface area contributed by atoms with E-state index in [1.165, 1.54) is 0 Å². The Labute approximate surface area is 196 Å². The Kier molecular flexibility index (Phi) is 8.67. The van der Waals surface area contributed by atoms with Crippen LogP contribution in [0.3, 0.4) is 0 Å². The van der Waals surface area contributed by atoms with E-state index in [0.717, 1.165) is 30.4 Å². The zero-order chi connectivity index (χ0) is 23.8. The first-order valence-electron chi connectivity index (χ1n) is 11.9. The van der Waals surface area contributed by atoms with E-state index >= 15 is 0 Å². The van der Waals surface area contributed by atoms with Crippen LogP contribution >= 0.6 is 0 Å². The summed E-state index contributed by atoms with van der Waals surface area (Å²) in [5, 5.41) is 12.9. The number of allylic oxidation sites excluding steroid dienone is 2. The number of fused-ring (bicyclic) bond motifs is 1. The van der Waals surface area contributed by atoms with Crippen molar-refractivity contribution in [2.75, 3.05) is 13.2 Å². The minimum absolute atomic E-state index is 0.0602. The average Bonchev–Trinajstić information content (AvgIpc) is 2.79. The van der Waals surface area contributed by atoms with Crippen molar-refractivity contribution in [2.45, 2.75) is 76.9 Å². The summed E-state index contributed by atoms with van der Waals surface area (Å²) in [4.78, 5) is 40.1. The number of benzene rings is 1. The van der Waals surface area contributed by atoms with Crippen LogP contribution in [0.4, 0.5) is 0 Å². The molecule has 7 nitrogen and oxygen atoms in total. The Hall–Kier alpha value is -2.67. The number of amides is 2. The molecule has 1 aromatic rings. The molecule has 0 unspecified atom stereocenters. The quantitative estimate of drug-likeness (QED) is 0.539. The van der Waals surface area contributed by atoms with Gasteiger partial charge in [-0.1, -0.05) is 36.4 Å². The van der Waals surface area contributed by atoms with Crippen molar-refractivity contribution in [1.29, 1.82) is 0 Å².